The van der Waals surface area contributed by atoms with Crippen molar-refractivity contribution in [2.24, 2.45) is 0 Å². The third kappa shape index (κ3) is 3.33. The van der Waals surface area contributed by atoms with Gasteiger partial charge in [-0.1, -0.05) is 18.0 Å². The molecule has 0 aliphatic heterocycles. The lowest BCUT2D eigenvalue weighted by molar-refractivity contribution is -0.153. The molecule has 1 aliphatic carbocycles. The molecular weight excluding hydrogens is 292 g/mol. The van der Waals surface area contributed by atoms with Gasteiger partial charge in [0.25, 0.3) is 0 Å². The van der Waals surface area contributed by atoms with Crippen molar-refractivity contribution in [1.82, 2.24) is 0 Å². The van der Waals surface area contributed by atoms with Crippen LogP contribution in [0.5, 0.6) is 5.75 Å². The van der Waals surface area contributed by atoms with Crippen LogP contribution in [0.3, 0.4) is 0 Å². The molecule has 1 aromatic rings. The van der Waals surface area contributed by atoms with Crippen LogP contribution >= 0.6 is 11.6 Å². The van der Waals surface area contributed by atoms with Crippen LogP contribution in [0.1, 0.15) is 49.0 Å². The van der Waals surface area contributed by atoms with Gasteiger partial charge in [0.2, 0.25) is 0 Å². The molecule has 0 saturated heterocycles. The Balaban J connectivity index is 2.55. The number of methoxy groups -OCH3 is 1. The fourth-order valence-electron chi connectivity index (χ4n) is 2.89. The van der Waals surface area contributed by atoms with Gasteiger partial charge in [0.15, 0.2) is 6.10 Å². The van der Waals surface area contributed by atoms with E-state index in [0.717, 1.165) is 43.2 Å². The van der Waals surface area contributed by atoms with Crippen molar-refractivity contribution in [3.63, 3.8) is 0 Å². The zero-order valence-corrected chi connectivity index (χ0v) is 13.2. The maximum atomic E-state index is 11.9. The van der Waals surface area contributed by atoms with Crippen molar-refractivity contribution < 1.29 is 19.4 Å². The lowest BCUT2D eigenvalue weighted by Crippen LogP contribution is -2.19. The summed E-state index contributed by atoms with van der Waals surface area (Å²) < 4.78 is 10.3. The molecule has 0 saturated carbocycles. The molecule has 0 fully saturated rings. The fourth-order valence-corrected chi connectivity index (χ4v) is 3.20. The van der Waals surface area contributed by atoms with Gasteiger partial charge in [-0.3, -0.25) is 0 Å². The van der Waals surface area contributed by atoms with Gasteiger partial charge in [0.1, 0.15) is 5.75 Å². The lowest BCUT2D eigenvalue weighted by Gasteiger charge is -2.21. The van der Waals surface area contributed by atoms with E-state index in [1.165, 1.54) is 7.11 Å². The molecule has 0 amide bonds. The highest BCUT2D eigenvalue weighted by atomic mass is 35.5. The Kier molecular flexibility index (Phi) is 5.48. The first-order valence-corrected chi connectivity index (χ1v) is 7.70. The number of halogens is 1. The first-order valence-electron chi connectivity index (χ1n) is 7.33. The summed E-state index contributed by atoms with van der Waals surface area (Å²) in [7, 11) is 1.49. The van der Waals surface area contributed by atoms with E-state index in [1.54, 1.807) is 6.92 Å². The van der Waals surface area contributed by atoms with Crippen LogP contribution in [-0.4, -0.2) is 24.8 Å². The standard InChI is InChI=1S/C16H21ClO4/c1-3-21-16(19)14(18)13-11-8-6-4-5-7-10(11)9-12(17)15(13)20-2/h9,14,18H,3-8H2,1-2H3. The predicted molar refractivity (Wildman–Crippen MR) is 80.9 cm³/mol. The third-order valence-corrected chi connectivity index (χ3v) is 4.12. The Hall–Kier alpha value is -1.26. The maximum absolute atomic E-state index is 11.9. The first-order chi connectivity index (χ1) is 10.1. The molecule has 1 aromatic carbocycles. The maximum Gasteiger partial charge on any atom is 0.339 e. The van der Waals surface area contributed by atoms with Crippen molar-refractivity contribution in [2.45, 2.75) is 45.1 Å². The van der Waals surface area contributed by atoms with Crippen molar-refractivity contribution in [1.29, 1.82) is 0 Å². The number of carbonyl (C=O) groups is 1. The summed E-state index contributed by atoms with van der Waals surface area (Å²) in [6, 6.07) is 1.89. The molecular formula is C16H21ClO4. The van der Waals surface area contributed by atoms with Crippen LogP contribution in [0.15, 0.2) is 6.07 Å². The van der Waals surface area contributed by atoms with Gasteiger partial charge in [0.05, 0.1) is 18.7 Å². The van der Waals surface area contributed by atoms with E-state index in [1.807, 2.05) is 6.07 Å². The zero-order valence-electron chi connectivity index (χ0n) is 12.4. The van der Waals surface area contributed by atoms with Crippen molar-refractivity contribution in [2.75, 3.05) is 13.7 Å². The molecule has 2 rings (SSSR count). The fraction of sp³-hybridized carbons (Fsp3) is 0.562. The van der Waals surface area contributed by atoms with E-state index < -0.39 is 12.1 Å². The molecule has 116 valence electrons. The second-order valence-electron chi connectivity index (χ2n) is 5.16. The van der Waals surface area contributed by atoms with Crippen LogP contribution in [-0.2, 0) is 22.4 Å². The van der Waals surface area contributed by atoms with Crippen LogP contribution in [0.4, 0.5) is 0 Å². The van der Waals surface area contributed by atoms with Gasteiger partial charge in [-0.15, -0.1) is 0 Å². The number of esters is 1. The minimum absolute atomic E-state index is 0.223. The highest BCUT2D eigenvalue weighted by molar-refractivity contribution is 6.32. The smallest absolute Gasteiger partial charge is 0.339 e. The second-order valence-corrected chi connectivity index (χ2v) is 5.57. The quantitative estimate of drug-likeness (QED) is 0.685. The Bertz CT molecular complexity index is 527. The summed E-state index contributed by atoms with van der Waals surface area (Å²) >= 11 is 6.26. The van der Waals surface area contributed by atoms with Crippen LogP contribution < -0.4 is 4.74 Å². The van der Waals surface area contributed by atoms with E-state index in [-0.39, 0.29) is 6.61 Å². The Morgan fingerprint density at radius 3 is 2.76 bits per heavy atom. The van der Waals surface area contributed by atoms with Gasteiger partial charge in [-0.25, -0.2) is 4.79 Å². The molecule has 0 spiro atoms. The van der Waals surface area contributed by atoms with E-state index in [2.05, 4.69) is 0 Å². The topological polar surface area (TPSA) is 55.8 Å². The normalized spacial score (nSPS) is 15.8. The van der Waals surface area contributed by atoms with Gasteiger partial charge in [-0.2, -0.15) is 0 Å². The number of hydrogen-bond donors (Lipinski definition) is 1. The summed E-state index contributed by atoms with van der Waals surface area (Å²) in [5.41, 5.74) is 2.55. The summed E-state index contributed by atoms with van der Waals surface area (Å²) in [6.45, 7) is 1.93. The monoisotopic (exact) mass is 312 g/mol. The number of benzene rings is 1. The number of rotatable bonds is 4. The summed E-state index contributed by atoms with van der Waals surface area (Å²) in [4.78, 5) is 11.9. The highest BCUT2D eigenvalue weighted by Crippen LogP contribution is 2.40. The predicted octanol–water partition coefficient (Wildman–Crippen LogP) is 3.21. The zero-order chi connectivity index (χ0) is 15.4. The number of aliphatic hydroxyl groups excluding tert-OH is 1. The van der Waals surface area contributed by atoms with Crippen molar-refractivity contribution in [3.8, 4) is 5.75 Å². The van der Waals surface area contributed by atoms with Gasteiger partial charge in [0, 0.05) is 5.56 Å². The molecule has 21 heavy (non-hydrogen) atoms. The number of hydrogen-bond acceptors (Lipinski definition) is 4. The Morgan fingerprint density at radius 1 is 1.38 bits per heavy atom. The van der Waals surface area contributed by atoms with Gasteiger partial charge < -0.3 is 14.6 Å². The van der Waals surface area contributed by atoms with E-state index in [4.69, 9.17) is 21.1 Å². The first kappa shape index (κ1) is 16.1. The molecule has 0 aromatic heterocycles. The summed E-state index contributed by atoms with van der Waals surface area (Å²) in [5, 5.41) is 10.8. The van der Waals surface area contributed by atoms with Crippen LogP contribution in [0.2, 0.25) is 5.02 Å². The van der Waals surface area contributed by atoms with Crippen LogP contribution in [0, 0.1) is 0 Å². The van der Waals surface area contributed by atoms with Gasteiger partial charge >= 0.3 is 5.97 Å². The van der Waals surface area contributed by atoms with Crippen molar-refractivity contribution >= 4 is 17.6 Å². The largest absolute Gasteiger partial charge is 0.495 e. The van der Waals surface area contributed by atoms with Gasteiger partial charge in [-0.05, 0) is 49.8 Å². The minimum Gasteiger partial charge on any atom is -0.495 e. The average molecular weight is 313 g/mol. The average Bonchev–Trinajstić information content (AvgIpc) is 2.70. The number of ether oxygens (including phenoxy) is 2. The molecule has 1 N–H and O–H groups in total. The van der Waals surface area contributed by atoms with E-state index in [0.29, 0.717) is 16.3 Å². The molecule has 0 radical (unpaired) electrons. The van der Waals surface area contributed by atoms with E-state index in [9.17, 15) is 9.90 Å². The van der Waals surface area contributed by atoms with Crippen LogP contribution in [0.25, 0.3) is 0 Å². The number of fused-ring (bicyclic) bond motifs is 1. The molecule has 1 aliphatic rings. The molecule has 4 nitrogen and oxygen atoms in total. The SMILES string of the molecule is CCOC(=O)C(O)c1c2c(cc(Cl)c1OC)CCCCC2. The number of aryl methyl sites for hydroxylation is 1. The minimum atomic E-state index is -1.36. The lowest BCUT2D eigenvalue weighted by atomic mass is 9.92. The van der Waals surface area contributed by atoms with Crippen molar-refractivity contribution in [3.05, 3.63) is 27.8 Å². The van der Waals surface area contributed by atoms with E-state index >= 15 is 0 Å². The number of aliphatic hydroxyl groups is 1. The summed E-state index contributed by atoms with van der Waals surface area (Å²) in [6.07, 6.45) is 3.61. The number of carbonyl (C=O) groups excluding carboxylic acids is 1. The molecule has 1 unspecified atom stereocenters. The molecule has 1 atom stereocenters. The second kappa shape index (κ2) is 7.14. The molecule has 0 heterocycles. The highest BCUT2D eigenvalue weighted by Gasteiger charge is 2.29. The Morgan fingerprint density at radius 2 is 2.10 bits per heavy atom. The Labute approximate surface area is 130 Å². The molecule has 5 heteroatoms. The summed E-state index contributed by atoms with van der Waals surface area (Å²) in [5.74, 6) is -0.289. The third-order valence-electron chi connectivity index (χ3n) is 3.84. The molecule has 0 bridgehead atoms.